The molecule has 0 amide bonds. The third-order valence-electron chi connectivity index (χ3n) is 2.26. The molecular weight excluding hydrogens is 284 g/mol. The van der Waals surface area contributed by atoms with Crippen molar-refractivity contribution >= 4 is 38.5 Å². The summed E-state index contributed by atoms with van der Waals surface area (Å²) in [6, 6.07) is 6.29. The molecule has 1 heterocycles. The molecule has 86 valence electrons. The Morgan fingerprint density at radius 1 is 1.38 bits per heavy atom. The molecule has 1 N–H and O–H groups in total. The van der Waals surface area contributed by atoms with Crippen LogP contribution in [-0.2, 0) is 0 Å². The number of nitrogens with one attached hydrogen (secondary N) is 1. The van der Waals surface area contributed by atoms with Gasteiger partial charge in [-0.1, -0.05) is 27.7 Å². The maximum absolute atomic E-state index is 4.63. The van der Waals surface area contributed by atoms with Crippen molar-refractivity contribution in [2.45, 2.75) is 26.3 Å². The van der Waals surface area contributed by atoms with Crippen molar-refractivity contribution in [1.82, 2.24) is 0 Å². The molecule has 2 nitrogen and oxygen atoms in total. The van der Waals surface area contributed by atoms with E-state index in [4.69, 9.17) is 0 Å². The molecule has 4 heteroatoms. The number of thioether (sulfide) groups is 1. The lowest BCUT2D eigenvalue weighted by Gasteiger charge is -2.09. The molecular formula is C12H15BrN2S. The molecule has 1 aliphatic heterocycles. The Morgan fingerprint density at radius 3 is 2.69 bits per heavy atom. The highest BCUT2D eigenvalue weighted by molar-refractivity contribution is 9.10. The van der Waals surface area contributed by atoms with Crippen LogP contribution < -0.4 is 5.32 Å². The third-order valence-corrected chi connectivity index (χ3v) is 4.04. The minimum atomic E-state index is 0.0635. The number of amidine groups is 1. The van der Waals surface area contributed by atoms with Crippen LogP contribution in [0.4, 0.5) is 5.69 Å². The number of nitrogens with zero attached hydrogens (tertiary/aromatic N) is 1. The summed E-state index contributed by atoms with van der Waals surface area (Å²) in [6.07, 6.45) is 0. The number of hydrogen-bond acceptors (Lipinski definition) is 3. The maximum atomic E-state index is 4.63. The fourth-order valence-corrected chi connectivity index (χ4v) is 3.24. The lowest BCUT2D eigenvalue weighted by atomic mass is 10.1. The molecule has 0 saturated heterocycles. The zero-order valence-electron chi connectivity index (χ0n) is 9.67. The van der Waals surface area contributed by atoms with Gasteiger partial charge in [-0.05, 0) is 44.5 Å². The number of benzene rings is 1. The topological polar surface area (TPSA) is 24.4 Å². The van der Waals surface area contributed by atoms with Crippen LogP contribution in [-0.4, -0.2) is 16.5 Å². The van der Waals surface area contributed by atoms with Gasteiger partial charge in [-0.2, -0.15) is 0 Å². The lowest BCUT2D eigenvalue weighted by Crippen LogP contribution is -2.15. The molecule has 0 aliphatic carbocycles. The van der Waals surface area contributed by atoms with Gasteiger partial charge in [0, 0.05) is 15.9 Å². The van der Waals surface area contributed by atoms with Crippen LogP contribution in [0.15, 0.2) is 27.7 Å². The van der Waals surface area contributed by atoms with E-state index in [9.17, 15) is 0 Å². The third kappa shape index (κ3) is 3.01. The molecule has 0 bridgehead atoms. The van der Waals surface area contributed by atoms with E-state index in [1.165, 1.54) is 5.56 Å². The van der Waals surface area contributed by atoms with E-state index in [0.717, 1.165) is 21.1 Å². The van der Waals surface area contributed by atoms with Crippen molar-refractivity contribution in [3.8, 4) is 0 Å². The monoisotopic (exact) mass is 298 g/mol. The Kier molecular flexibility index (Phi) is 3.31. The molecule has 1 aromatic carbocycles. The van der Waals surface area contributed by atoms with Crippen molar-refractivity contribution in [3.05, 3.63) is 28.2 Å². The molecule has 0 spiro atoms. The first-order valence-corrected chi connectivity index (χ1v) is 6.99. The fourth-order valence-electron chi connectivity index (χ4n) is 1.58. The van der Waals surface area contributed by atoms with E-state index >= 15 is 0 Å². The Bertz CT molecular complexity index is 420. The van der Waals surface area contributed by atoms with Crippen LogP contribution in [0.3, 0.4) is 0 Å². The van der Waals surface area contributed by atoms with Gasteiger partial charge in [0.15, 0.2) is 5.17 Å². The zero-order chi connectivity index (χ0) is 11.8. The Morgan fingerprint density at radius 2 is 2.12 bits per heavy atom. The summed E-state index contributed by atoms with van der Waals surface area (Å²) in [7, 11) is 0. The van der Waals surface area contributed by atoms with Crippen molar-refractivity contribution in [1.29, 1.82) is 0 Å². The van der Waals surface area contributed by atoms with E-state index in [2.05, 4.69) is 65.2 Å². The first-order chi connectivity index (χ1) is 7.44. The average molecular weight is 299 g/mol. The molecule has 0 unspecified atom stereocenters. The van der Waals surface area contributed by atoms with E-state index in [1.54, 1.807) is 11.8 Å². The number of aliphatic imine (C=N–C) groups is 1. The van der Waals surface area contributed by atoms with E-state index in [0.29, 0.717) is 0 Å². The van der Waals surface area contributed by atoms with Gasteiger partial charge in [0.1, 0.15) is 0 Å². The van der Waals surface area contributed by atoms with Crippen LogP contribution in [0.1, 0.15) is 19.4 Å². The number of halogens is 1. The van der Waals surface area contributed by atoms with Gasteiger partial charge in [-0.15, -0.1) is 0 Å². The predicted molar refractivity (Wildman–Crippen MR) is 76.5 cm³/mol. The summed E-state index contributed by atoms with van der Waals surface area (Å²) in [5.74, 6) is 1.04. The summed E-state index contributed by atoms with van der Waals surface area (Å²) in [4.78, 5) is 4.63. The number of anilines is 1. The highest BCUT2D eigenvalue weighted by atomic mass is 79.9. The Hall–Kier alpha value is -0.480. The quantitative estimate of drug-likeness (QED) is 0.846. The van der Waals surface area contributed by atoms with Gasteiger partial charge < -0.3 is 5.32 Å². The summed E-state index contributed by atoms with van der Waals surface area (Å²) in [5, 5.41) is 4.38. The summed E-state index contributed by atoms with van der Waals surface area (Å²) < 4.78 is 1.10. The molecule has 1 aliphatic rings. The van der Waals surface area contributed by atoms with Gasteiger partial charge in [0.05, 0.1) is 5.54 Å². The largest absolute Gasteiger partial charge is 0.335 e. The van der Waals surface area contributed by atoms with Crippen LogP contribution >= 0.6 is 27.7 Å². The van der Waals surface area contributed by atoms with Crippen LogP contribution in [0.25, 0.3) is 0 Å². The summed E-state index contributed by atoms with van der Waals surface area (Å²) >= 11 is 5.28. The molecule has 0 radical (unpaired) electrons. The lowest BCUT2D eigenvalue weighted by molar-refractivity contribution is 0.605. The minimum absolute atomic E-state index is 0.0635. The molecule has 0 aromatic heterocycles. The SMILES string of the molecule is Cc1cc(Br)cc(NC2=NC(C)(C)CS2)c1. The molecule has 0 saturated carbocycles. The average Bonchev–Trinajstić information content (AvgIpc) is 2.43. The number of hydrogen-bond donors (Lipinski definition) is 1. The second-order valence-electron chi connectivity index (χ2n) is 4.66. The minimum Gasteiger partial charge on any atom is -0.335 e. The standard InChI is InChI=1S/C12H15BrN2S/c1-8-4-9(13)6-10(5-8)14-11-15-12(2,3)7-16-11/h4-6H,7H2,1-3H3,(H,14,15). The highest BCUT2D eigenvalue weighted by Gasteiger charge is 2.25. The van der Waals surface area contributed by atoms with Crippen molar-refractivity contribution < 1.29 is 0 Å². The summed E-state index contributed by atoms with van der Waals surface area (Å²) in [6.45, 7) is 6.39. The van der Waals surface area contributed by atoms with Gasteiger partial charge in [-0.25, -0.2) is 0 Å². The first-order valence-electron chi connectivity index (χ1n) is 5.21. The van der Waals surface area contributed by atoms with Crippen molar-refractivity contribution in [2.24, 2.45) is 4.99 Å². The highest BCUT2D eigenvalue weighted by Crippen LogP contribution is 2.28. The van der Waals surface area contributed by atoms with Gasteiger partial charge in [-0.3, -0.25) is 4.99 Å². The fraction of sp³-hybridized carbons (Fsp3) is 0.417. The van der Waals surface area contributed by atoms with Crippen LogP contribution in [0.5, 0.6) is 0 Å². The van der Waals surface area contributed by atoms with Gasteiger partial charge >= 0.3 is 0 Å². The second kappa shape index (κ2) is 4.41. The van der Waals surface area contributed by atoms with Gasteiger partial charge in [0.25, 0.3) is 0 Å². The Balaban J connectivity index is 2.16. The molecule has 16 heavy (non-hydrogen) atoms. The predicted octanol–water partition coefficient (Wildman–Crippen LogP) is 4.05. The maximum Gasteiger partial charge on any atom is 0.161 e. The zero-order valence-corrected chi connectivity index (χ0v) is 12.1. The van der Waals surface area contributed by atoms with E-state index in [1.807, 2.05) is 0 Å². The normalized spacial score (nSPS) is 18.4. The molecule has 0 atom stereocenters. The molecule has 0 fully saturated rings. The smallest absolute Gasteiger partial charge is 0.161 e. The van der Waals surface area contributed by atoms with Crippen LogP contribution in [0, 0.1) is 6.92 Å². The first kappa shape index (κ1) is 12.0. The van der Waals surface area contributed by atoms with Crippen molar-refractivity contribution in [2.75, 3.05) is 11.1 Å². The Labute approximate surface area is 109 Å². The number of rotatable bonds is 1. The van der Waals surface area contributed by atoms with E-state index in [-0.39, 0.29) is 5.54 Å². The van der Waals surface area contributed by atoms with Gasteiger partial charge in [0.2, 0.25) is 0 Å². The van der Waals surface area contributed by atoms with E-state index < -0.39 is 0 Å². The molecule has 2 rings (SSSR count). The number of aryl methyl sites for hydroxylation is 1. The van der Waals surface area contributed by atoms with Crippen LogP contribution in [0.2, 0.25) is 0 Å². The summed E-state index contributed by atoms with van der Waals surface area (Å²) in [5.41, 5.74) is 2.39. The second-order valence-corrected chi connectivity index (χ2v) is 6.54. The van der Waals surface area contributed by atoms with Crippen molar-refractivity contribution in [3.63, 3.8) is 0 Å². The molecule has 1 aromatic rings.